The van der Waals surface area contributed by atoms with Crippen LogP contribution in [0, 0.1) is 11.8 Å². The fraction of sp³-hybridized carbons (Fsp3) is 0.357. The van der Waals surface area contributed by atoms with Crippen molar-refractivity contribution in [3.8, 4) is 11.1 Å². The minimum Gasteiger partial charge on any atom is -0.481 e. The van der Waals surface area contributed by atoms with E-state index in [1.807, 2.05) is 30.9 Å². The highest BCUT2D eigenvalue weighted by Crippen LogP contribution is 2.37. The quantitative estimate of drug-likeness (QED) is 0.309. The minimum atomic E-state index is -4.44. The second-order valence-electron chi connectivity index (χ2n) is 9.75. The monoisotopic (exact) mass is 518 g/mol. The Morgan fingerprint density at radius 2 is 1.64 bits per heavy atom. The lowest BCUT2D eigenvalue weighted by Gasteiger charge is -2.28. The minimum absolute atomic E-state index is 0.133. The Labute approximate surface area is 214 Å². The molecule has 36 heavy (non-hydrogen) atoms. The molecule has 1 unspecified atom stereocenters. The summed E-state index contributed by atoms with van der Waals surface area (Å²) in [6, 6.07) is 13.9. The van der Waals surface area contributed by atoms with Crippen molar-refractivity contribution in [3.63, 3.8) is 0 Å². The van der Waals surface area contributed by atoms with Gasteiger partial charge in [0.15, 0.2) is 0 Å². The number of benzene rings is 2. The first-order valence-corrected chi connectivity index (χ1v) is 12.2. The van der Waals surface area contributed by atoms with Gasteiger partial charge in [0.1, 0.15) is 5.82 Å². The van der Waals surface area contributed by atoms with E-state index < -0.39 is 23.6 Å². The summed E-state index contributed by atoms with van der Waals surface area (Å²) in [7, 11) is 0. The number of carboxylic acid groups (broad SMARTS) is 1. The lowest BCUT2D eigenvalue weighted by molar-refractivity contribution is -0.139. The lowest BCUT2D eigenvalue weighted by Crippen LogP contribution is -2.24. The molecule has 1 heterocycles. The summed E-state index contributed by atoms with van der Waals surface area (Å²) in [6.45, 7) is 8.62. The number of aromatic nitrogens is 1. The van der Waals surface area contributed by atoms with Gasteiger partial charge in [-0.2, -0.15) is 13.2 Å². The van der Waals surface area contributed by atoms with Gasteiger partial charge in [-0.1, -0.05) is 57.5 Å². The molecule has 2 aromatic carbocycles. The van der Waals surface area contributed by atoms with Gasteiger partial charge in [-0.05, 0) is 71.3 Å². The molecule has 0 saturated heterocycles. The number of carbonyl (C=O) groups is 1. The molecule has 1 aromatic heterocycles. The van der Waals surface area contributed by atoms with Crippen LogP contribution in [0.4, 0.5) is 24.7 Å². The average Bonchev–Trinajstić information content (AvgIpc) is 2.80. The molecule has 4 nitrogen and oxygen atoms in total. The van der Waals surface area contributed by atoms with Crippen LogP contribution in [0.3, 0.4) is 0 Å². The van der Waals surface area contributed by atoms with E-state index in [0.717, 1.165) is 12.1 Å². The number of alkyl halides is 3. The first kappa shape index (κ1) is 27.5. The number of nitrogens with zero attached hydrogens (tertiary/aromatic N) is 2. The standard InChI is InChI=1S/C28H30ClF3N2O2/c1-17(2)11-25(27(35)36)21-12-20(19-5-7-22(8-6-19)28(30,31)32)13-24(14-21)34(16-18(3)4)26-10-9-23(29)15-33-26/h5-10,12-15,17-18,25H,11,16H2,1-4H3,(H,35,36). The predicted octanol–water partition coefficient (Wildman–Crippen LogP) is 8.43. The maximum atomic E-state index is 13.1. The third kappa shape index (κ3) is 7.00. The molecule has 192 valence electrons. The smallest absolute Gasteiger partial charge is 0.416 e. The van der Waals surface area contributed by atoms with E-state index in [2.05, 4.69) is 18.8 Å². The Morgan fingerprint density at radius 3 is 2.14 bits per heavy atom. The van der Waals surface area contributed by atoms with Crippen molar-refractivity contribution in [2.75, 3.05) is 11.4 Å². The Kier molecular flexibility index (Phi) is 8.67. The van der Waals surface area contributed by atoms with E-state index in [-0.39, 0.29) is 11.8 Å². The van der Waals surface area contributed by atoms with E-state index >= 15 is 0 Å². The summed E-state index contributed by atoms with van der Waals surface area (Å²) in [5, 5.41) is 10.5. The van der Waals surface area contributed by atoms with E-state index in [4.69, 9.17) is 11.6 Å². The molecule has 0 bridgehead atoms. The second-order valence-corrected chi connectivity index (χ2v) is 10.2. The average molecular weight is 519 g/mol. The number of anilines is 2. The third-order valence-electron chi connectivity index (χ3n) is 5.74. The number of rotatable bonds is 9. The van der Waals surface area contributed by atoms with E-state index in [9.17, 15) is 23.1 Å². The summed E-state index contributed by atoms with van der Waals surface area (Å²) >= 11 is 6.04. The van der Waals surface area contributed by atoms with Crippen LogP contribution in [0.1, 0.15) is 51.2 Å². The van der Waals surface area contributed by atoms with Gasteiger partial charge in [0, 0.05) is 18.4 Å². The number of pyridine rings is 1. The Bertz CT molecular complexity index is 1180. The van der Waals surface area contributed by atoms with E-state index in [0.29, 0.717) is 46.2 Å². The molecule has 0 saturated carbocycles. The molecule has 8 heteroatoms. The first-order chi connectivity index (χ1) is 16.8. The first-order valence-electron chi connectivity index (χ1n) is 11.8. The molecule has 0 aliphatic rings. The summed E-state index contributed by atoms with van der Waals surface area (Å²) in [5.41, 5.74) is 1.76. The van der Waals surface area contributed by atoms with Crippen LogP contribution in [0.25, 0.3) is 11.1 Å². The fourth-order valence-corrected chi connectivity index (χ4v) is 4.20. The largest absolute Gasteiger partial charge is 0.481 e. The molecule has 1 atom stereocenters. The normalized spacial score (nSPS) is 12.7. The van der Waals surface area contributed by atoms with Gasteiger partial charge in [-0.15, -0.1) is 0 Å². The molecule has 1 N–H and O–H groups in total. The van der Waals surface area contributed by atoms with Crippen LogP contribution in [-0.4, -0.2) is 22.6 Å². The third-order valence-corrected chi connectivity index (χ3v) is 5.96. The van der Waals surface area contributed by atoms with Crippen molar-refractivity contribution in [2.24, 2.45) is 11.8 Å². The summed E-state index contributed by atoms with van der Waals surface area (Å²) in [5.74, 6) is -0.698. The molecule has 0 aliphatic heterocycles. The van der Waals surface area contributed by atoms with Crippen LogP contribution in [0.5, 0.6) is 0 Å². The Morgan fingerprint density at radius 1 is 0.972 bits per heavy atom. The molecular weight excluding hydrogens is 489 g/mol. The van der Waals surface area contributed by atoms with Crippen molar-refractivity contribution >= 4 is 29.1 Å². The Hall–Kier alpha value is -3.06. The number of halogens is 4. The zero-order valence-electron chi connectivity index (χ0n) is 20.7. The summed E-state index contributed by atoms with van der Waals surface area (Å²) < 4.78 is 39.4. The number of carboxylic acids is 1. The molecule has 0 amide bonds. The lowest BCUT2D eigenvalue weighted by atomic mass is 9.88. The van der Waals surface area contributed by atoms with Crippen LogP contribution < -0.4 is 4.90 Å². The highest BCUT2D eigenvalue weighted by atomic mass is 35.5. The van der Waals surface area contributed by atoms with E-state index in [1.165, 1.54) is 12.1 Å². The maximum absolute atomic E-state index is 13.1. The molecule has 0 radical (unpaired) electrons. The van der Waals surface area contributed by atoms with Crippen molar-refractivity contribution in [1.29, 1.82) is 0 Å². The molecule has 0 spiro atoms. The van der Waals surface area contributed by atoms with Crippen molar-refractivity contribution in [3.05, 3.63) is 76.9 Å². The molecule has 3 rings (SSSR count). The van der Waals surface area contributed by atoms with Crippen LogP contribution in [0.2, 0.25) is 5.02 Å². The zero-order valence-corrected chi connectivity index (χ0v) is 21.4. The van der Waals surface area contributed by atoms with Gasteiger partial charge in [0.25, 0.3) is 0 Å². The fourth-order valence-electron chi connectivity index (χ4n) is 4.08. The molecule has 0 fully saturated rings. The van der Waals surface area contributed by atoms with Gasteiger partial charge >= 0.3 is 12.1 Å². The zero-order chi connectivity index (χ0) is 26.6. The van der Waals surface area contributed by atoms with Crippen LogP contribution in [0.15, 0.2) is 60.8 Å². The molecule has 3 aromatic rings. The van der Waals surface area contributed by atoms with Crippen LogP contribution >= 0.6 is 11.6 Å². The second kappa shape index (κ2) is 11.3. The van der Waals surface area contributed by atoms with Gasteiger partial charge < -0.3 is 10.0 Å². The number of aliphatic carboxylic acids is 1. The number of hydrogen-bond acceptors (Lipinski definition) is 3. The predicted molar refractivity (Wildman–Crippen MR) is 138 cm³/mol. The highest BCUT2D eigenvalue weighted by Gasteiger charge is 2.30. The molecular formula is C28H30ClF3N2O2. The SMILES string of the molecule is CC(C)CC(C(=O)O)c1cc(-c2ccc(C(F)(F)F)cc2)cc(N(CC(C)C)c2ccc(Cl)cn2)c1. The van der Waals surface area contributed by atoms with Gasteiger partial charge in [0.05, 0.1) is 16.5 Å². The van der Waals surface area contributed by atoms with Crippen LogP contribution in [-0.2, 0) is 11.0 Å². The van der Waals surface area contributed by atoms with Crippen molar-refractivity contribution in [1.82, 2.24) is 4.98 Å². The van der Waals surface area contributed by atoms with E-state index in [1.54, 1.807) is 24.4 Å². The van der Waals surface area contributed by atoms with Gasteiger partial charge in [-0.25, -0.2) is 4.98 Å². The van der Waals surface area contributed by atoms with Gasteiger partial charge in [0.2, 0.25) is 0 Å². The maximum Gasteiger partial charge on any atom is 0.416 e. The highest BCUT2D eigenvalue weighted by molar-refractivity contribution is 6.30. The summed E-state index contributed by atoms with van der Waals surface area (Å²) in [6.07, 6.45) is -2.47. The van der Waals surface area contributed by atoms with Crippen molar-refractivity contribution < 1.29 is 23.1 Å². The molecule has 0 aliphatic carbocycles. The van der Waals surface area contributed by atoms with Gasteiger partial charge in [-0.3, -0.25) is 4.79 Å². The Balaban J connectivity index is 2.20. The number of hydrogen-bond donors (Lipinski definition) is 1. The van der Waals surface area contributed by atoms with Crippen molar-refractivity contribution in [2.45, 2.75) is 46.2 Å². The topological polar surface area (TPSA) is 53.4 Å². The summed E-state index contributed by atoms with van der Waals surface area (Å²) in [4.78, 5) is 18.7.